The monoisotopic (exact) mass is 334 g/mol. The zero-order valence-electron chi connectivity index (χ0n) is 14.4. The Kier molecular flexibility index (Phi) is 3.64. The SMILES string of the molecule is Cc1cc(-c2n[nH]c(C(C)C)c2-c2ccc3nccn3c2)ccc1F. The standard InChI is InChI=1S/C20H19FN4/c1-12(2)19-18(15-5-7-17-22-8-9-25(17)11-15)20(24-23-19)14-4-6-16(21)13(3)10-14/h4-12H,1-3H3,(H,23,24). The first-order valence-corrected chi connectivity index (χ1v) is 8.32. The van der Waals surface area contributed by atoms with Crippen LogP contribution in [0.25, 0.3) is 28.0 Å². The fraction of sp³-hybridized carbons (Fsp3) is 0.200. The van der Waals surface area contributed by atoms with Gasteiger partial charge in [-0.2, -0.15) is 5.10 Å². The van der Waals surface area contributed by atoms with Crippen LogP contribution in [0.4, 0.5) is 4.39 Å². The number of pyridine rings is 1. The largest absolute Gasteiger partial charge is 0.306 e. The first-order chi connectivity index (χ1) is 12.0. The molecule has 0 aliphatic heterocycles. The van der Waals surface area contributed by atoms with Crippen molar-refractivity contribution in [3.63, 3.8) is 0 Å². The molecule has 3 heterocycles. The third kappa shape index (κ3) is 2.61. The highest BCUT2D eigenvalue weighted by Crippen LogP contribution is 2.36. The molecule has 0 saturated heterocycles. The van der Waals surface area contributed by atoms with Crippen LogP contribution in [0.1, 0.15) is 31.0 Å². The summed E-state index contributed by atoms with van der Waals surface area (Å²) >= 11 is 0. The maximum Gasteiger partial charge on any atom is 0.136 e. The van der Waals surface area contributed by atoms with Gasteiger partial charge in [0.25, 0.3) is 0 Å². The van der Waals surface area contributed by atoms with E-state index in [1.807, 2.05) is 22.7 Å². The second kappa shape index (κ2) is 5.84. The average molecular weight is 334 g/mol. The molecule has 0 spiro atoms. The minimum absolute atomic E-state index is 0.204. The van der Waals surface area contributed by atoms with E-state index in [-0.39, 0.29) is 11.7 Å². The van der Waals surface area contributed by atoms with Crippen molar-refractivity contribution in [1.82, 2.24) is 19.6 Å². The summed E-state index contributed by atoms with van der Waals surface area (Å²) in [5, 5.41) is 7.73. The van der Waals surface area contributed by atoms with Crippen molar-refractivity contribution < 1.29 is 4.39 Å². The van der Waals surface area contributed by atoms with Crippen molar-refractivity contribution in [3.8, 4) is 22.4 Å². The molecule has 4 aromatic rings. The lowest BCUT2D eigenvalue weighted by molar-refractivity contribution is 0.619. The van der Waals surface area contributed by atoms with Crippen molar-refractivity contribution in [2.24, 2.45) is 0 Å². The number of halogens is 1. The molecule has 1 aromatic carbocycles. The van der Waals surface area contributed by atoms with Gasteiger partial charge in [0.2, 0.25) is 0 Å². The number of aromatic amines is 1. The van der Waals surface area contributed by atoms with Gasteiger partial charge in [0.1, 0.15) is 17.2 Å². The van der Waals surface area contributed by atoms with Crippen molar-refractivity contribution in [2.75, 3.05) is 0 Å². The lowest BCUT2D eigenvalue weighted by Gasteiger charge is -2.10. The quantitative estimate of drug-likeness (QED) is 0.575. The summed E-state index contributed by atoms with van der Waals surface area (Å²) in [7, 11) is 0. The molecule has 0 fully saturated rings. The van der Waals surface area contributed by atoms with Crippen LogP contribution in [0.15, 0.2) is 48.9 Å². The van der Waals surface area contributed by atoms with Gasteiger partial charge in [-0.25, -0.2) is 9.37 Å². The number of nitrogens with zero attached hydrogens (tertiary/aromatic N) is 3. The maximum atomic E-state index is 13.7. The Morgan fingerprint density at radius 2 is 1.92 bits per heavy atom. The third-order valence-corrected chi connectivity index (χ3v) is 4.48. The van der Waals surface area contributed by atoms with Gasteiger partial charge in [-0.1, -0.05) is 13.8 Å². The number of hydrogen-bond acceptors (Lipinski definition) is 2. The van der Waals surface area contributed by atoms with Crippen molar-refractivity contribution >= 4 is 5.65 Å². The van der Waals surface area contributed by atoms with E-state index in [0.717, 1.165) is 33.7 Å². The molecule has 4 nitrogen and oxygen atoms in total. The van der Waals surface area contributed by atoms with Gasteiger partial charge in [0, 0.05) is 41.0 Å². The number of imidazole rings is 1. The predicted octanol–water partition coefficient (Wildman–Crippen LogP) is 4.96. The van der Waals surface area contributed by atoms with Crippen LogP contribution >= 0.6 is 0 Å². The minimum Gasteiger partial charge on any atom is -0.306 e. The zero-order valence-corrected chi connectivity index (χ0v) is 14.4. The Balaban J connectivity index is 1.95. The highest BCUT2D eigenvalue weighted by atomic mass is 19.1. The number of hydrogen-bond donors (Lipinski definition) is 1. The fourth-order valence-electron chi connectivity index (χ4n) is 3.13. The van der Waals surface area contributed by atoms with E-state index in [0.29, 0.717) is 5.56 Å². The summed E-state index contributed by atoms with van der Waals surface area (Å²) < 4.78 is 15.7. The van der Waals surface area contributed by atoms with Gasteiger partial charge < -0.3 is 4.40 Å². The summed E-state index contributed by atoms with van der Waals surface area (Å²) in [5.41, 5.74) is 6.43. The van der Waals surface area contributed by atoms with Crippen LogP contribution in [0.2, 0.25) is 0 Å². The Bertz CT molecular complexity index is 1060. The first kappa shape index (κ1) is 15.6. The Labute approximate surface area is 145 Å². The summed E-state index contributed by atoms with van der Waals surface area (Å²) in [6, 6.07) is 9.17. The van der Waals surface area contributed by atoms with E-state index in [9.17, 15) is 4.39 Å². The molecule has 25 heavy (non-hydrogen) atoms. The van der Waals surface area contributed by atoms with Crippen LogP contribution in [0, 0.1) is 12.7 Å². The van der Waals surface area contributed by atoms with Gasteiger partial charge in [-0.05, 0) is 48.7 Å². The molecular formula is C20H19FN4. The summed E-state index contributed by atoms with van der Waals surface area (Å²) in [6.45, 7) is 6.03. The highest BCUT2D eigenvalue weighted by molar-refractivity contribution is 5.83. The average Bonchev–Trinajstić information content (AvgIpc) is 3.22. The Morgan fingerprint density at radius 1 is 1.12 bits per heavy atom. The molecule has 0 aliphatic carbocycles. The lowest BCUT2D eigenvalue weighted by atomic mass is 9.95. The maximum absolute atomic E-state index is 13.7. The van der Waals surface area contributed by atoms with E-state index in [4.69, 9.17) is 0 Å². The Hall–Kier alpha value is -2.95. The highest BCUT2D eigenvalue weighted by Gasteiger charge is 2.19. The molecule has 3 aromatic heterocycles. The van der Waals surface area contributed by atoms with Gasteiger partial charge in [0.05, 0.1) is 0 Å². The molecule has 0 aliphatic rings. The van der Waals surface area contributed by atoms with E-state index < -0.39 is 0 Å². The lowest BCUT2D eigenvalue weighted by Crippen LogP contribution is -1.94. The number of fused-ring (bicyclic) bond motifs is 1. The summed E-state index contributed by atoms with van der Waals surface area (Å²) in [5.74, 6) is 0.0843. The molecule has 0 saturated carbocycles. The van der Waals surface area contributed by atoms with Gasteiger partial charge in [-0.3, -0.25) is 5.10 Å². The van der Waals surface area contributed by atoms with Crippen molar-refractivity contribution in [3.05, 3.63) is 66.0 Å². The van der Waals surface area contributed by atoms with Crippen LogP contribution in [0.3, 0.4) is 0 Å². The fourth-order valence-corrected chi connectivity index (χ4v) is 3.13. The normalized spacial score (nSPS) is 11.6. The molecule has 0 unspecified atom stereocenters. The molecular weight excluding hydrogens is 315 g/mol. The topological polar surface area (TPSA) is 46.0 Å². The molecule has 0 bridgehead atoms. The molecule has 126 valence electrons. The van der Waals surface area contributed by atoms with Crippen LogP contribution < -0.4 is 0 Å². The smallest absolute Gasteiger partial charge is 0.136 e. The summed E-state index contributed by atoms with van der Waals surface area (Å²) in [6.07, 6.45) is 5.76. The van der Waals surface area contributed by atoms with Crippen LogP contribution in [0.5, 0.6) is 0 Å². The molecule has 0 amide bonds. The third-order valence-electron chi connectivity index (χ3n) is 4.48. The molecule has 0 atom stereocenters. The van der Waals surface area contributed by atoms with E-state index >= 15 is 0 Å². The number of aromatic nitrogens is 4. The van der Waals surface area contributed by atoms with E-state index in [1.54, 1.807) is 19.2 Å². The van der Waals surface area contributed by atoms with Gasteiger partial charge >= 0.3 is 0 Å². The van der Waals surface area contributed by atoms with Crippen molar-refractivity contribution in [1.29, 1.82) is 0 Å². The number of aryl methyl sites for hydroxylation is 1. The first-order valence-electron chi connectivity index (χ1n) is 8.32. The molecule has 1 N–H and O–H groups in total. The zero-order chi connectivity index (χ0) is 17.6. The number of H-pyrrole nitrogens is 1. The minimum atomic E-state index is -0.204. The number of nitrogens with one attached hydrogen (secondary N) is 1. The van der Waals surface area contributed by atoms with Crippen molar-refractivity contribution in [2.45, 2.75) is 26.7 Å². The van der Waals surface area contributed by atoms with Gasteiger partial charge in [-0.15, -0.1) is 0 Å². The number of benzene rings is 1. The Morgan fingerprint density at radius 3 is 2.68 bits per heavy atom. The number of rotatable bonds is 3. The summed E-state index contributed by atoms with van der Waals surface area (Å²) in [4.78, 5) is 4.30. The van der Waals surface area contributed by atoms with Gasteiger partial charge in [0.15, 0.2) is 0 Å². The predicted molar refractivity (Wildman–Crippen MR) is 97.0 cm³/mol. The second-order valence-electron chi connectivity index (χ2n) is 6.59. The van der Waals surface area contributed by atoms with Crippen LogP contribution in [-0.4, -0.2) is 19.6 Å². The van der Waals surface area contributed by atoms with E-state index in [1.165, 1.54) is 6.07 Å². The second-order valence-corrected chi connectivity index (χ2v) is 6.59. The molecule has 0 radical (unpaired) electrons. The van der Waals surface area contributed by atoms with E-state index in [2.05, 4.69) is 41.3 Å². The molecule has 4 rings (SSSR count). The molecule has 5 heteroatoms. The van der Waals surface area contributed by atoms with Crippen LogP contribution in [-0.2, 0) is 0 Å².